The average molecular weight is 440 g/mol. The van der Waals surface area contributed by atoms with Crippen molar-refractivity contribution < 1.29 is 9.84 Å². The summed E-state index contributed by atoms with van der Waals surface area (Å²) < 4.78 is 5.20. The van der Waals surface area contributed by atoms with Crippen molar-refractivity contribution in [3.8, 4) is 11.5 Å². The molecule has 174 valence electrons. The van der Waals surface area contributed by atoms with Crippen LogP contribution in [0.5, 0.6) is 11.5 Å². The van der Waals surface area contributed by atoms with Gasteiger partial charge in [-0.05, 0) is 69.9 Å². The van der Waals surface area contributed by atoms with Gasteiger partial charge in [0.2, 0.25) is 5.95 Å². The Morgan fingerprint density at radius 1 is 1.09 bits per heavy atom. The number of nitrogens with zero attached hydrogens (tertiary/aromatic N) is 3. The number of aryl methyl sites for hydroxylation is 1. The first kappa shape index (κ1) is 22.6. The Hall–Kier alpha value is -2.54. The molecule has 2 aliphatic rings. The molecule has 7 heteroatoms. The van der Waals surface area contributed by atoms with E-state index in [4.69, 9.17) is 14.7 Å². The van der Waals surface area contributed by atoms with Gasteiger partial charge in [-0.15, -0.1) is 0 Å². The highest BCUT2D eigenvalue weighted by Crippen LogP contribution is 2.31. The maximum Gasteiger partial charge on any atom is 0.225 e. The molecule has 1 aromatic carbocycles. The van der Waals surface area contributed by atoms with Crippen LogP contribution < -0.4 is 20.3 Å². The van der Waals surface area contributed by atoms with Gasteiger partial charge in [0, 0.05) is 37.8 Å². The predicted octanol–water partition coefficient (Wildman–Crippen LogP) is 3.90. The lowest BCUT2D eigenvalue weighted by Crippen LogP contribution is -2.32. The summed E-state index contributed by atoms with van der Waals surface area (Å²) in [5.41, 5.74) is 3.45. The summed E-state index contributed by atoms with van der Waals surface area (Å²) in [7, 11) is 5.73. The van der Waals surface area contributed by atoms with E-state index in [9.17, 15) is 5.11 Å². The molecule has 0 radical (unpaired) electrons. The van der Waals surface area contributed by atoms with Crippen molar-refractivity contribution in [1.82, 2.24) is 15.3 Å². The fourth-order valence-corrected chi connectivity index (χ4v) is 4.99. The van der Waals surface area contributed by atoms with Crippen molar-refractivity contribution >= 4 is 11.8 Å². The number of nitrogens with one attached hydrogen (secondary N) is 2. The third kappa shape index (κ3) is 5.26. The number of phenols is 1. The second-order valence-electron chi connectivity index (χ2n) is 9.36. The molecule has 1 fully saturated rings. The van der Waals surface area contributed by atoms with Crippen LogP contribution in [0.1, 0.15) is 55.3 Å². The highest BCUT2D eigenvalue weighted by molar-refractivity contribution is 5.53. The average Bonchev–Trinajstić information content (AvgIpc) is 2.80. The van der Waals surface area contributed by atoms with E-state index in [1.807, 2.05) is 12.1 Å². The highest BCUT2D eigenvalue weighted by atomic mass is 16.5. The van der Waals surface area contributed by atoms with E-state index in [1.165, 1.54) is 36.9 Å². The molecule has 0 atom stereocenters. The Morgan fingerprint density at radius 3 is 2.62 bits per heavy atom. The van der Waals surface area contributed by atoms with Crippen LogP contribution in [0.25, 0.3) is 0 Å². The van der Waals surface area contributed by atoms with Gasteiger partial charge < -0.3 is 25.4 Å². The van der Waals surface area contributed by atoms with E-state index in [2.05, 4.69) is 29.6 Å². The third-order valence-corrected chi connectivity index (χ3v) is 6.82. The van der Waals surface area contributed by atoms with Crippen LogP contribution in [0, 0.1) is 5.92 Å². The molecule has 0 saturated heterocycles. The van der Waals surface area contributed by atoms with Crippen LogP contribution >= 0.6 is 0 Å². The van der Waals surface area contributed by atoms with Crippen LogP contribution in [0.3, 0.4) is 0 Å². The quantitative estimate of drug-likeness (QED) is 0.575. The molecule has 0 bridgehead atoms. The molecule has 2 aliphatic carbocycles. The summed E-state index contributed by atoms with van der Waals surface area (Å²) >= 11 is 0. The van der Waals surface area contributed by atoms with Gasteiger partial charge >= 0.3 is 0 Å². The lowest BCUT2D eigenvalue weighted by Gasteiger charge is -2.30. The number of ether oxygens (including phenoxy) is 1. The van der Waals surface area contributed by atoms with Crippen LogP contribution in [-0.4, -0.2) is 48.9 Å². The Labute approximate surface area is 191 Å². The molecule has 4 rings (SSSR count). The summed E-state index contributed by atoms with van der Waals surface area (Å²) in [6, 6.07) is 6.06. The zero-order valence-electron chi connectivity index (χ0n) is 19.7. The number of hydrogen-bond acceptors (Lipinski definition) is 7. The predicted molar refractivity (Wildman–Crippen MR) is 129 cm³/mol. The lowest BCUT2D eigenvalue weighted by molar-refractivity contribution is 0.322. The number of aromatic hydroxyl groups is 1. The first-order valence-corrected chi connectivity index (χ1v) is 11.9. The SMILES string of the molecule is COc1cccc(CNC[C@H]2CC[C@@H](Nc3nc4c(c(N(C)C)n3)CCCC4)CC2)c1O. The Morgan fingerprint density at radius 2 is 1.88 bits per heavy atom. The van der Waals surface area contributed by atoms with E-state index in [0.29, 0.717) is 24.3 Å². The first-order chi connectivity index (χ1) is 15.5. The summed E-state index contributed by atoms with van der Waals surface area (Å²) in [6.07, 6.45) is 9.24. The minimum absolute atomic E-state index is 0.234. The van der Waals surface area contributed by atoms with Gasteiger partial charge in [-0.1, -0.05) is 12.1 Å². The van der Waals surface area contributed by atoms with Gasteiger partial charge in [-0.2, -0.15) is 4.98 Å². The smallest absolute Gasteiger partial charge is 0.225 e. The molecule has 1 aromatic heterocycles. The second kappa shape index (κ2) is 10.4. The van der Waals surface area contributed by atoms with Gasteiger partial charge in [0.25, 0.3) is 0 Å². The van der Waals surface area contributed by atoms with E-state index in [1.54, 1.807) is 13.2 Å². The van der Waals surface area contributed by atoms with Crippen molar-refractivity contribution in [3.63, 3.8) is 0 Å². The van der Waals surface area contributed by atoms with Gasteiger partial charge in [-0.25, -0.2) is 4.98 Å². The topological polar surface area (TPSA) is 82.5 Å². The second-order valence-corrected chi connectivity index (χ2v) is 9.36. The summed E-state index contributed by atoms with van der Waals surface area (Å²) in [6.45, 7) is 1.61. The highest BCUT2D eigenvalue weighted by Gasteiger charge is 2.24. The molecule has 1 saturated carbocycles. The molecule has 0 unspecified atom stereocenters. The standard InChI is InChI=1S/C25H37N5O2/c1-30(2)24-20-8-4-5-9-21(20)28-25(29-24)27-19-13-11-17(12-14-19)15-26-16-18-7-6-10-22(32-3)23(18)31/h6-7,10,17,19,26,31H,4-5,8-9,11-16H2,1-3H3,(H,27,28,29)/t17-,19+. The molecule has 1 heterocycles. The molecular formula is C25H37N5O2. The third-order valence-electron chi connectivity index (χ3n) is 6.82. The van der Waals surface area contributed by atoms with Crippen molar-refractivity contribution in [2.75, 3.05) is 38.0 Å². The number of rotatable bonds is 8. The largest absolute Gasteiger partial charge is 0.504 e. The zero-order valence-corrected chi connectivity index (χ0v) is 19.7. The molecule has 32 heavy (non-hydrogen) atoms. The summed E-state index contributed by atoms with van der Waals surface area (Å²) in [5.74, 6) is 3.29. The number of anilines is 2. The van der Waals surface area contributed by atoms with Crippen molar-refractivity contribution in [3.05, 3.63) is 35.0 Å². The number of phenolic OH excluding ortho intramolecular Hbond substituents is 1. The Kier molecular flexibility index (Phi) is 7.35. The first-order valence-electron chi connectivity index (χ1n) is 11.9. The molecule has 3 N–H and O–H groups in total. The minimum Gasteiger partial charge on any atom is -0.504 e. The monoisotopic (exact) mass is 439 g/mol. The Balaban J connectivity index is 1.27. The fraction of sp³-hybridized carbons (Fsp3) is 0.600. The number of hydrogen-bond donors (Lipinski definition) is 3. The molecule has 7 nitrogen and oxygen atoms in total. The fourth-order valence-electron chi connectivity index (χ4n) is 4.99. The molecule has 0 amide bonds. The number of aromatic nitrogens is 2. The van der Waals surface area contributed by atoms with E-state index in [0.717, 1.165) is 49.6 Å². The van der Waals surface area contributed by atoms with Gasteiger partial charge in [-0.3, -0.25) is 0 Å². The van der Waals surface area contributed by atoms with Gasteiger partial charge in [0.05, 0.1) is 12.8 Å². The molecular weight excluding hydrogens is 402 g/mol. The molecule has 0 spiro atoms. The van der Waals surface area contributed by atoms with Crippen LogP contribution in [0.15, 0.2) is 18.2 Å². The van der Waals surface area contributed by atoms with E-state index in [-0.39, 0.29) is 5.75 Å². The number of fused-ring (bicyclic) bond motifs is 1. The lowest BCUT2D eigenvalue weighted by atomic mass is 9.86. The van der Waals surface area contributed by atoms with Crippen molar-refractivity contribution in [2.24, 2.45) is 5.92 Å². The molecule has 2 aromatic rings. The van der Waals surface area contributed by atoms with Gasteiger partial charge in [0.15, 0.2) is 11.5 Å². The maximum atomic E-state index is 10.2. The van der Waals surface area contributed by atoms with Crippen LogP contribution in [0.4, 0.5) is 11.8 Å². The van der Waals surface area contributed by atoms with Crippen LogP contribution in [0.2, 0.25) is 0 Å². The normalized spacial score (nSPS) is 20.5. The number of benzene rings is 1. The summed E-state index contributed by atoms with van der Waals surface area (Å²) in [5, 5.41) is 17.4. The number of methoxy groups -OCH3 is 1. The van der Waals surface area contributed by atoms with Crippen molar-refractivity contribution in [1.29, 1.82) is 0 Å². The van der Waals surface area contributed by atoms with E-state index >= 15 is 0 Å². The molecule has 0 aliphatic heterocycles. The summed E-state index contributed by atoms with van der Waals surface area (Å²) in [4.78, 5) is 11.9. The van der Waals surface area contributed by atoms with Crippen LogP contribution in [-0.2, 0) is 19.4 Å². The minimum atomic E-state index is 0.234. The Bertz CT molecular complexity index is 909. The number of para-hydroxylation sites is 1. The van der Waals surface area contributed by atoms with Crippen molar-refractivity contribution in [2.45, 2.75) is 64.0 Å². The van der Waals surface area contributed by atoms with Gasteiger partial charge in [0.1, 0.15) is 5.82 Å². The maximum absolute atomic E-state index is 10.2. The zero-order chi connectivity index (χ0) is 22.5. The van der Waals surface area contributed by atoms with E-state index < -0.39 is 0 Å².